The fourth-order valence-corrected chi connectivity index (χ4v) is 8.25. The minimum Gasteiger partial charge on any atom is -0.368 e. The van der Waals surface area contributed by atoms with Gasteiger partial charge in [0.05, 0.1) is 38.9 Å². The summed E-state index contributed by atoms with van der Waals surface area (Å²) in [6.45, 7) is 0. The average Bonchev–Trinajstić information content (AvgIpc) is 3.30. The summed E-state index contributed by atoms with van der Waals surface area (Å²) < 4.78 is 117. The van der Waals surface area contributed by atoms with Crippen molar-refractivity contribution in [2.75, 3.05) is 11.0 Å². The zero-order chi connectivity index (χ0) is 37.0. The third kappa shape index (κ3) is 5.46. The molecular weight excluding hydrogens is 738 g/mol. The van der Waals surface area contributed by atoms with E-state index in [0.717, 1.165) is 18.4 Å². The van der Waals surface area contributed by atoms with Crippen molar-refractivity contribution in [3.8, 4) is 11.1 Å². The Balaban J connectivity index is 1.42. The van der Waals surface area contributed by atoms with Crippen LogP contribution in [0.3, 0.4) is 0 Å². The standard InChI is InChI=1S/C33H25ClF6N8O3S/c1-52(50,51)47-32-24-20(34)3-2-15(26(24)44-45-32)16-11-22-21(4-5-42-22)43-25(16)18(8-12-6-13(35)9-14(36)7-12)28(31(41)49)48-29-23(27(46-48)30(37)38)17-10-19(17)33(29,39)40/h2-7,9,11,17-19,28,30,42H,8,10H2,1H3,(H2,41,49)(H2,44,45,47)/t17-,18+,19+,28?/m0/s1. The van der Waals surface area contributed by atoms with E-state index in [0.29, 0.717) is 21.8 Å². The quantitative estimate of drug-likeness (QED) is 0.112. The van der Waals surface area contributed by atoms with Crippen LogP contribution >= 0.6 is 11.6 Å². The Bertz CT molecular complexity index is 2550. The molecule has 4 aromatic heterocycles. The number of nitrogens with zero attached hydrogens (tertiary/aromatic N) is 4. The number of anilines is 1. The number of fused-ring (bicyclic) bond motifs is 5. The molecule has 0 aliphatic heterocycles. The Morgan fingerprint density at radius 3 is 2.52 bits per heavy atom. The highest BCUT2D eigenvalue weighted by Crippen LogP contribution is 2.68. The highest BCUT2D eigenvalue weighted by atomic mass is 35.5. The first-order valence-corrected chi connectivity index (χ1v) is 18.0. The summed E-state index contributed by atoms with van der Waals surface area (Å²) >= 11 is 6.51. The number of carbonyl (C=O) groups is 1. The molecule has 2 aliphatic rings. The van der Waals surface area contributed by atoms with Crippen molar-refractivity contribution in [1.29, 1.82) is 0 Å². The summed E-state index contributed by atoms with van der Waals surface area (Å²) in [4.78, 5) is 21.4. The maximum absolute atomic E-state index is 15.9. The van der Waals surface area contributed by atoms with E-state index in [1.807, 2.05) is 0 Å². The number of pyridine rings is 1. The van der Waals surface area contributed by atoms with Crippen LogP contribution in [0.2, 0.25) is 5.02 Å². The number of alkyl halides is 4. The fourth-order valence-electron chi connectivity index (χ4n) is 7.51. The highest BCUT2D eigenvalue weighted by Gasteiger charge is 2.67. The molecule has 52 heavy (non-hydrogen) atoms. The van der Waals surface area contributed by atoms with Crippen molar-refractivity contribution in [2.45, 2.75) is 43.1 Å². The SMILES string of the molecule is CS(=O)(=O)Nc1n[nH]c2c(-c3cc4[nH]ccc4nc3[C@@H](Cc3cc(F)cc(F)c3)C(C(N)=O)n3nc(C(F)F)c4c3C(F)(F)[C@@H]3C[C@H]43)ccc(Cl)c12. The van der Waals surface area contributed by atoms with Crippen molar-refractivity contribution < 1.29 is 39.6 Å². The first-order chi connectivity index (χ1) is 24.5. The van der Waals surface area contributed by atoms with Gasteiger partial charge in [-0.1, -0.05) is 17.7 Å². The number of aromatic amines is 2. The number of amides is 1. The van der Waals surface area contributed by atoms with Crippen molar-refractivity contribution in [3.05, 3.63) is 93.5 Å². The molecule has 6 aromatic rings. The summed E-state index contributed by atoms with van der Waals surface area (Å²) in [5.41, 5.74) is 5.23. The molecule has 1 unspecified atom stereocenters. The van der Waals surface area contributed by atoms with E-state index < -0.39 is 81.5 Å². The van der Waals surface area contributed by atoms with Crippen LogP contribution in [0.15, 0.2) is 48.7 Å². The first kappa shape index (κ1) is 34.0. The van der Waals surface area contributed by atoms with Crippen LogP contribution in [0.1, 0.15) is 58.9 Å². The zero-order valence-corrected chi connectivity index (χ0v) is 28.1. The molecule has 0 radical (unpaired) electrons. The number of carbonyl (C=O) groups excluding carboxylic acids is 1. The maximum atomic E-state index is 15.9. The van der Waals surface area contributed by atoms with Crippen molar-refractivity contribution >= 4 is 55.3 Å². The molecule has 5 N–H and O–H groups in total. The molecule has 0 saturated heterocycles. The second-order valence-electron chi connectivity index (χ2n) is 13.0. The molecule has 2 aliphatic carbocycles. The molecule has 8 rings (SSSR count). The molecular formula is C33H25ClF6N8O3S. The number of H-pyrrole nitrogens is 2. The number of aromatic nitrogens is 6. The number of sulfonamides is 1. The lowest BCUT2D eigenvalue weighted by Gasteiger charge is -2.29. The van der Waals surface area contributed by atoms with Gasteiger partial charge in [-0.15, -0.1) is 0 Å². The molecule has 11 nitrogen and oxygen atoms in total. The average molecular weight is 763 g/mol. The van der Waals surface area contributed by atoms with Gasteiger partial charge in [-0.2, -0.15) is 19.0 Å². The second-order valence-corrected chi connectivity index (χ2v) is 15.2. The van der Waals surface area contributed by atoms with Gasteiger partial charge in [0.2, 0.25) is 15.9 Å². The molecule has 4 heterocycles. The van der Waals surface area contributed by atoms with Gasteiger partial charge in [-0.05, 0) is 54.7 Å². The lowest BCUT2D eigenvalue weighted by Crippen LogP contribution is -2.37. The van der Waals surface area contributed by atoms with Gasteiger partial charge >= 0.3 is 0 Å². The Labute approximate surface area is 294 Å². The topological polar surface area (TPSA) is 164 Å². The molecule has 1 fully saturated rings. The van der Waals surface area contributed by atoms with E-state index >= 15 is 8.78 Å². The van der Waals surface area contributed by atoms with Crippen molar-refractivity contribution in [2.24, 2.45) is 11.7 Å². The van der Waals surface area contributed by atoms with Gasteiger partial charge in [0.15, 0.2) is 5.82 Å². The summed E-state index contributed by atoms with van der Waals surface area (Å²) in [7, 11) is -3.83. The van der Waals surface area contributed by atoms with Gasteiger partial charge in [0.25, 0.3) is 12.3 Å². The van der Waals surface area contributed by atoms with Crippen LogP contribution in [0, 0.1) is 17.6 Å². The fraction of sp³-hybridized carbons (Fsp3) is 0.273. The Morgan fingerprint density at radius 2 is 1.85 bits per heavy atom. The molecule has 19 heteroatoms. The number of hydrogen-bond donors (Lipinski definition) is 4. The van der Waals surface area contributed by atoms with Gasteiger partial charge in [0.1, 0.15) is 29.1 Å². The maximum Gasteiger partial charge on any atom is 0.293 e. The predicted molar refractivity (Wildman–Crippen MR) is 178 cm³/mol. The second kappa shape index (κ2) is 11.7. The van der Waals surface area contributed by atoms with E-state index in [-0.39, 0.29) is 56.1 Å². The minimum atomic E-state index is -3.83. The van der Waals surface area contributed by atoms with E-state index in [2.05, 4.69) is 25.0 Å². The zero-order valence-electron chi connectivity index (χ0n) is 26.6. The molecule has 1 saturated carbocycles. The Hall–Kier alpha value is -5.10. The van der Waals surface area contributed by atoms with E-state index in [1.165, 1.54) is 12.1 Å². The van der Waals surface area contributed by atoms with Crippen LogP contribution in [0.25, 0.3) is 33.1 Å². The number of nitrogens with two attached hydrogens (primary N) is 1. The molecule has 0 bridgehead atoms. The van der Waals surface area contributed by atoms with Gasteiger partial charge in [-0.3, -0.25) is 19.6 Å². The molecule has 270 valence electrons. The molecule has 1 amide bonds. The van der Waals surface area contributed by atoms with Crippen LogP contribution in [0.5, 0.6) is 0 Å². The van der Waals surface area contributed by atoms with Crippen LogP contribution in [-0.4, -0.2) is 50.5 Å². The van der Waals surface area contributed by atoms with Gasteiger partial charge in [-0.25, -0.2) is 30.7 Å². The van der Waals surface area contributed by atoms with Crippen molar-refractivity contribution in [1.82, 2.24) is 29.9 Å². The molecule has 2 aromatic carbocycles. The Morgan fingerprint density at radius 1 is 1.12 bits per heavy atom. The van der Waals surface area contributed by atoms with E-state index in [4.69, 9.17) is 22.3 Å². The Kier molecular flexibility index (Phi) is 7.66. The van der Waals surface area contributed by atoms with Crippen LogP contribution < -0.4 is 10.5 Å². The number of benzene rings is 2. The molecule has 0 spiro atoms. The first-order valence-electron chi connectivity index (χ1n) is 15.7. The predicted octanol–water partition coefficient (Wildman–Crippen LogP) is 6.81. The lowest BCUT2D eigenvalue weighted by atomic mass is 9.84. The largest absolute Gasteiger partial charge is 0.368 e. The number of rotatable bonds is 10. The minimum absolute atomic E-state index is 0.0225. The third-order valence-electron chi connectivity index (χ3n) is 9.59. The van der Waals surface area contributed by atoms with Crippen LogP contribution in [-0.2, 0) is 27.2 Å². The third-order valence-corrected chi connectivity index (χ3v) is 10.5. The number of halogens is 7. The summed E-state index contributed by atoms with van der Waals surface area (Å²) in [5, 5.41) is 11.0. The van der Waals surface area contributed by atoms with E-state index in [9.17, 15) is 30.8 Å². The summed E-state index contributed by atoms with van der Waals surface area (Å²) in [6, 6.07) is 6.77. The highest BCUT2D eigenvalue weighted by molar-refractivity contribution is 7.92. The normalized spacial score (nSPS) is 18.9. The molecule has 4 atom stereocenters. The lowest BCUT2D eigenvalue weighted by molar-refractivity contribution is -0.122. The number of primary amides is 1. The van der Waals surface area contributed by atoms with Crippen LogP contribution in [0.4, 0.5) is 32.2 Å². The monoisotopic (exact) mass is 762 g/mol. The summed E-state index contributed by atoms with van der Waals surface area (Å²) in [5.74, 6) is -10.6. The number of nitrogens with one attached hydrogen (secondary N) is 3. The smallest absolute Gasteiger partial charge is 0.293 e. The van der Waals surface area contributed by atoms with Gasteiger partial charge in [0, 0.05) is 40.8 Å². The number of hydrogen-bond acceptors (Lipinski definition) is 6. The van der Waals surface area contributed by atoms with Crippen molar-refractivity contribution in [3.63, 3.8) is 0 Å². The van der Waals surface area contributed by atoms with E-state index in [1.54, 1.807) is 18.3 Å². The van der Waals surface area contributed by atoms with Gasteiger partial charge < -0.3 is 10.7 Å². The summed E-state index contributed by atoms with van der Waals surface area (Å²) in [6.07, 6.45) is -1.30.